The van der Waals surface area contributed by atoms with Crippen LogP contribution in [-0.2, 0) is 12.0 Å². The summed E-state index contributed by atoms with van der Waals surface area (Å²) in [6.45, 7) is 11.7. The van der Waals surface area contributed by atoms with Crippen LogP contribution in [0.2, 0.25) is 0 Å². The molecule has 1 aromatic heterocycles. The van der Waals surface area contributed by atoms with Crippen LogP contribution in [0.3, 0.4) is 0 Å². The zero-order valence-corrected chi connectivity index (χ0v) is 12.3. The molecule has 0 aliphatic heterocycles. The molecule has 3 nitrogen and oxygen atoms in total. The molecule has 0 atom stereocenters. The molecule has 0 aliphatic rings. The van der Waals surface area contributed by atoms with Crippen molar-refractivity contribution in [3.63, 3.8) is 0 Å². The minimum absolute atomic E-state index is 0.0624. The topological polar surface area (TPSA) is 43.8 Å². The van der Waals surface area contributed by atoms with Gasteiger partial charge in [-0.05, 0) is 28.5 Å². The van der Waals surface area contributed by atoms with Gasteiger partial charge in [0, 0.05) is 12.0 Å². The van der Waals surface area contributed by atoms with Gasteiger partial charge in [0.1, 0.15) is 5.82 Å². The van der Waals surface area contributed by atoms with Gasteiger partial charge >= 0.3 is 0 Å². The fraction of sp³-hybridized carbons (Fsp3) is 0.727. The molecule has 0 radical (unpaired) electrons. The van der Waals surface area contributed by atoms with Gasteiger partial charge in [-0.3, -0.25) is 0 Å². The molecule has 1 aromatic rings. The molecule has 0 amide bonds. The molecule has 86 valence electrons. The van der Waals surface area contributed by atoms with Crippen molar-refractivity contribution in [2.45, 2.75) is 46.6 Å². The standard InChI is InChI=1S/C11H20IN3/c1-7(2)6-15-10(13)8(12)9(14-15)11(3,4)5/h7H,6,13H2,1-5H3. The predicted octanol–water partition coefficient (Wildman–Crippen LogP) is 3.02. The summed E-state index contributed by atoms with van der Waals surface area (Å²) >= 11 is 2.29. The summed E-state index contributed by atoms with van der Waals surface area (Å²) in [7, 11) is 0. The van der Waals surface area contributed by atoms with Crippen LogP contribution in [0.1, 0.15) is 40.3 Å². The first-order chi connectivity index (χ1) is 6.73. The third-order valence-electron chi connectivity index (χ3n) is 2.18. The Morgan fingerprint density at radius 1 is 1.40 bits per heavy atom. The summed E-state index contributed by atoms with van der Waals surface area (Å²) in [5.74, 6) is 1.37. The molecule has 1 rings (SSSR count). The van der Waals surface area contributed by atoms with E-state index in [9.17, 15) is 0 Å². The highest BCUT2D eigenvalue weighted by Gasteiger charge is 2.24. The van der Waals surface area contributed by atoms with Crippen LogP contribution < -0.4 is 5.73 Å². The van der Waals surface area contributed by atoms with Crippen LogP contribution in [-0.4, -0.2) is 9.78 Å². The Labute approximate surface area is 106 Å². The predicted molar refractivity (Wildman–Crippen MR) is 72.9 cm³/mol. The lowest BCUT2D eigenvalue weighted by Gasteiger charge is -2.15. The number of rotatable bonds is 2. The molecular formula is C11H20IN3. The summed E-state index contributed by atoms with van der Waals surface area (Å²) in [5.41, 5.74) is 7.20. The lowest BCUT2D eigenvalue weighted by Crippen LogP contribution is -2.15. The summed E-state index contributed by atoms with van der Waals surface area (Å²) in [6, 6.07) is 0. The minimum atomic E-state index is 0.0624. The van der Waals surface area contributed by atoms with E-state index in [0.29, 0.717) is 5.92 Å². The van der Waals surface area contributed by atoms with Crippen molar-refractivity contribution in [3.8, 4) is 0 Å². The van der Waals surface area contributed by atoms with Crippen molar-refractivity contribution >= 4 is 28.4 Å². The van der Waals surface area contributed by atoms with E-state index in [2.05, 4.69) is 62.3 Å². The molecule has 0 saturated heterocycles. The van der Waals surface area contributed by atoms with Crippen molar-refractivity contribution in [2.75, 3.05) is 5.73 Å². The Morgan fingerprint density at radius 3 is 2.27 bits per heavy atom. The Kier molecular flexibility index (Phi) is 3.68. The second kappa shape index (κ2) is 4.31. The number of nitrogens with zero attached hydrogens (tertiary/aromatic N) is 2. The van der Waals surface area contributed by atoms with Gasteiger partial charge in [0.25, 0.3) is 0 Å². The van der Waals surface area contributed by atoms with Crippen LogP contribution in [0.15, 0.2) is 0 Å². The number of hydrogen-bond donors (Lipinski definition) is 1. The van der Waals surface area contributed by atoms with E-state index in [1.54, 1.807) is 0 Å². The average molecular weight is 321 g/mol. The number of aromatic nitrogens is 2. The number of nitrogen functional groups attached to an aromatic ring is 1. The molecule has 0 aliphatic carbocycles. The van der Waals surface area contributed by atoms with E-state index in [-0.39, 0.29) is 5.41 Å². The largest absolute Gasteiger partial charge is 0.383 e. The molecule has 0 bridgehead atoms. The molecule has 4 heteroatoms. The monoisotopic (exact) mass is 321 g/mol. The third-order valence-corrected chi connectivity index (χ3v) is 3.24. The highest BCUT2D eigenvalue weighted by atomic mass is 127. The van der Waals surface area contributed by atoms with E-state index < -0.39 is 0 Å². The highest BCUT2D eigenvalue weighted by Crippen LogP contribution is 2.29. The number of nitrogens with two attached hydrogens (primary N) is 1. The average Bonchev–Trinajstić information content (AvgIpc) is 2.30. The molecule has 0 aromatic carbocycles. The van der Waals surface area contributed by atoms with E-state index in [1.165, 1.54) is 0 Å². The second-order valence-electron chi connectivity index (χ2n) is 5.37. The van der Waals surface area contributed by atoms with Crippen LogP contribution >= 0.6 is 22.6 Å². The smallest absolute Gasteiger partial charge is 0.135 e. The van der Waals surface area contributed by atoms with Crippen LogP contribution in [0, 0.1) is 9.49 Å². The maximum atomic E-state index is 6.04. The normalized spacial score (nSPS) is 12.5. The van der Waals surface area contributed by atoms with Gasteiger partial charge in [-0.25, -0.2) is 4.68 Å². The van der Waals surface area contributed by atoms with Gasteiger partial charge in [-0.15, -0.1) is 0 Å². The molecule has 0 unspecified atom stereocenters. The zero-order chi connectivity index (χ0) is 11.8. The maximum Gasteiger partial charge on any atom is 0.135 e. The fourth-order valence-corrected chi connectivity index (χ4v) is 2.61. The lowest BCUT2D eigenvalue weighted by molar-refractivity contribution is 0.469. The highest BCUT2D eigenvalue weighted by molar-refractivity contribution is 14.1. The first kappa shape index (κ1) is 12.8. The summed E-state index contributed by atoms with van der Waals surface area (Å²) in [6.07, 6.45) is 0. The van der Waals surface area contributed by atoms with Crippen molar-refractivity contribution in [1.82, 2.24) is 9.78 Å². The van der Waals surface area contributed by atoms with Crippen molar-refractivity contribution in [3.05, 3.63) is 9.26 Å². The van der Waals surface area contributed by atoms with Gasteiger partial charge < -0.3 is 5.73 Å². The van der Waals surface area contributed by atoms with Crippen LogP contribution in [0.5, 0.6) is 0 Å². The Balaban J connectivity index is 3.13. The van der Waals surface area contributed by atoms with E-state index in [0.717, 1.165) is 21.6 Å². The first-order valence-electron chi connectivity index (χ1n) is 5.25. The quantitative estimate of drug-likeness (QED) is 0.851. The first-order valence-corrected chi connectivity index (χ1v) is 6.33. The zero-order valence-electron chi connectivity index (χ0n) is 10.1. The van der Waals surface area contributed by atoms with E-state index >= 15 is 0 Å². The summed E-state index contributed by atoms with van der Waals surface area (Å²) < 4.78 is 3.02. The number of anilines is 1. The van der Waals surface area contributed by atoms with Crippen LogP contribution in [0.4, 0.5) is 5.82 Å². The van der Waals surface area contributed by atoms with Gasteiger partial charge in [-0.1, -0.05) is 34.6 Å². The number of hydrogen-bond acceptors (Lipinski definition) is 2. The molecule has 0 fully saturated rings. The van der Waals surface area contributed by atoms with Gasteiger partial charge in [0.15, 0.2) is 0 Å². The summed E-state index contributed by atoms with van der Waals surface area (Å²) in [4.78, 5) is 0. The third kappa shape index (κ3) is 2.86. The van der Waals surface area contributed by atoms with Gasteiger partial charge in [0.2, 0.25) is 0 Å². The van der Waals surface area contributed by atoms with Crippen molar-refractivity contribution in [2.24, 2.45) is 5.92 Å². The second-order valence-corrected chi connectivity index (χ2v) is 6.45. The fourth-order valence-electron chi connectivity index (χ4n) is 1.42. The Morgan fingerprint density at radius 2 is 1.93 bits per heavy atom. The van der Waals surface area contributed by atoms with Crippen molar-refractivity contribution < 1.29 is 0 Å². The van der Waals surface area contributed by atoms with Gasteiger partial charge in [0.05, 0.1) is 9.26 Å². The van der Waals surface area contributed by atoms with Crippen molar-refractivity contribution in [1.29, 1.82) is 0 Å². The van der Waals surface area contributed by atoms with Gasteiger partial charge in [-0.2, -0.15) is 5.10 Å². The van der Waals surface area contributed by atoms with E-state index in [1.807, 2.05) is 4.68 Å². The molecule has 0 spiro atoms. The molecule has 2 N–H and O–H groups in total. The minimum Gasteiger partial charge on any atom is -0.383 e. The van der Waals surface area contributed by atoms with Crippen LogP contribution in [0.25, 0.3) is 0 Å². The maximum absolute atomic E-state index is 6.04. The molecule has 1 heterocycles. The Bertz CT molecular complexity index is 347. The number of halogens is 1. The van der Waals surface area contributed by atoms with E-state index in [4.69, 9.17) is 5.73 Å². The Hall–Kier alpha value is -0.260. The SMILES string of the molecule is CC(C)Cn1nc(C(C)(C)C)c(I)c1N. The molecule has 0 saturated carbocycles. The molecular weight excluding hydrogens is 301 g/mol. The lowest BCUT2D eigenvalue weighted by atomic mass is 9.92. The summed E-state index contributed by atoms with van der Waals surface area (Å²) in [5, 5.41) is 4.60. The molecule has 15 heavy (non-hydrogen) atoms.